The number of carbonyl (C=O) groups excluding carboxylic acids is 2. The van der Waals surface area contributed by atoms with Gasteiger partial charge in [-0.3, -0.25) is 9.59 Å². The van der Waals surface area contributed by atoms with Crippen molar-refractivity contribution < 1.29 is 29.3 Å². The molecule has 0 radical (unpaired) electrons. The molecule has 118 valence electrons. The van der Waals surface area contributed by atoms with Crippen molar-refractivity contribution in [1.82, 2.24) is 0 Å². The molecule has 22 heavy (non-hydrogen) atoms. The van der Waals surface area contributed by atoms with Crippen molar-refractivity contribution >= 4 is 11.6 Å². The molecule has 2 aliphatic rings. The zero-order chi connectivity index (χ0) is 15.9. The highest BCUT2D eigenvalue weighted by molar-refractivity contribution is 6.02. The minimum absolute atomic E-state index is 0.0163. The summed E-state index contributed by atoms with van der Waals surface area (Å²) in [5.74, 6) is 0.228. The monoisotopic (exact) mass is 306 g/mol. The van der Waals surface area contributed by atoms with Crippen LogP contribution in [0.25, 0.3) is 0 Å². The van der Waals surface area contributed by atoms with Gasteiger partial charge in [-0.2, -0.15) is 0 Å². The average Bonchev–Trinajstić information content (AvgIpc) is 2.49. The number of hydrogen-bond donors (Lipinski definition) is 2. The molecule has 1 aromatic carbocycles. The van der Waals surface area contributed by atoms with E-state index in [1.54, 1.807) is 0 Å². The number of ether oxygens (including phenoxy) is 2. The lowest BCUT2D eigenvalue weighted by molar-refractivity contribution is -0.132. The molecule has 1 fully saturated rings. The van der Waals surface area contributed by atoms with Crippen LogP contribution in [0.1, 0.15) is 42.5 Å². The molecule has 1 atom stereocenters. The van der Waals surface area contributed by atoms with Crippen molar-refractivity contribution in [2.24, 2.45) is 0 Å². The Hall–Kier alpha value is -2.08. The van der Waals surface area contributed by atoms with Crippen LogP contribution in [0.4, 0.5) is 0 Å². The highest BCUT2D eigenvalue weighted by Crippen LogP contribution is 2.42. The van der Waals surface area contributed by atoms with Crippen LogP contribution in [0.3, 0.4) is 0 Å². The number of ketones is 2. The van der Waals surface area contributed by atoms with Crippen molar-refractivity contribution in [2.75, 3.05) is 7.11 Å². The van der Waals surface area contributed by atoms with Crippen LogP contribution < -0.4 is 9.47 Å². The molecule has 3 rings (SSSR count). The highest BCUT2D eigenvalue weighted by atomic mass is 16.5. The number of benzene rings is 1. The molecule has 0 aromatic heterocycles. The number of methoxy groups -OCH3 is 1. The lowest BCUT2D eigenvalue weighted by atomic mass is 9.77. The maximum atomic E-state index is 12.3. The molecule has 0 spiro atoms. The molecular formula is C16H18O6. The highest BCUT2D eigenvalue weighted by Gasteiger charge is 2.45. The number of phenolic OH excluding ortho intramolecular Hbond substituents is 1. The van der Waals surface area contributed by atoms with E-state index in [-0.39, 0.29) is 47.9 Å². The Labute approximate surface area is 127 Å². The minimum atomic E-state index is -1.19. The van der Waals surface area contributed by atoms with Crippen molar-refractivity contribution in [3.05, 3.63) is 17.7 Å². The van der Waals surface area contributed by atoms with Gasteiger partial charge in [0, 0.05) is 25.0 Å². The van der Waals surface area contributed by atoms with E-state index >= 15 is 0 Å². The maximum Gasteiger partial charge on any atom is 0.174 e. The number of rotatable bonds is 2. The van der Waals surface area contributed by atoms with Crippen LogP contribution in [-0.4, -0.2) is 40.6 Å². The Morgan fingerprint density at radius 1 is 1.27 bits per heavy atom. The number of carbonyl (C=O) groups is 2. The molecule has 1 aromatic rings. The van der Waals surface area contributed by atoms with Crippen LogP contribution in [0.2, 0.25) is 0 Å². The predicted molar refractivity (Wildman–Crippen MR) is 76.4 cm³/mol. The quantitative estimate of drug-likeness (QED) is 0.862. The third-order valence-corrected chi connectivity index (χ3v) is 4.48. The topological polar surface area (TPSA) is 93.1 Å². The number of aromatic hydroxyl groups is 1. The molecule has 2 N–H and O–H groups in total. The van der Waals surface area contributed by atoms with Crippen molar-refractivity contribution in [3.8, 4) is 17.2 Å². The van der Waals surface area contributed by atoms with E-state index in [0.29, 0.717) is 18.6 Å². The van der Waals surface area contributed by atoms with E-state index in [2.05, 4.69) is 0 Å². The summed E-state index contributed by atoms with van der Waals surface area (Å²) in [5, 5.41) is 20.7. The lowest BCUT2D eigenvalue weighted by Crippen LogP contribution is -2.50. The fourth-order valence-corrected chi connectivity index (χ4v) is 3.12. The normalized spacial score (nSPS) is 23.6. The summed E-state index contributed by atoms with van der Waals surface area (Å²) in [4.78, 5) is 23.7. The van der Waals surface area contributed by atoms with Gasteiger partial charge in [-0.05, 0) is 12.8 Å². The van der Waals surface area contributed by atoms with E-state index in [0.717, 1.165) is 0 Å². The first-order chi connectivity index (χ1) is 10.4. The molecule has 1 aliphatic carbocycles. The Bertz CT molecular complexity index is 626. The molecule has 6 heteroatoms. The van der Waals surface area contributed by atoms with E-state index in [9.17, 15) is 19.8 Å². The van der Waals surface area contributed by atoms with Crippen molar-refractivity contribution in [1.29, 1.82) is 0 Å². The van der Waals surface area contributed by atoms with Gasteiger partial charge in [0.2, 0.25) is 0 Å². The van der Waals surface area contributed by atoms with Crippen LogP contribution in [0, 0.1) is 0 Å². The fourth-order valence-electron chi connectivity index (χ4n) is 3.12. The second-order valence-electron chi connectivity index (χ2n) is 5.90. The van der Waals surface area contributed by atoms with E-state index in [4.69, 9.17) is 9.47 Å². The molecule has 0 bridgehead atoms. The maximum absolute atomic E-state index is 12.3. The number of aliphatic hydroxyl groups is 1. The van der Waals surface area contributed by atoms with Crippen LogP contribution in [0.5, 0.6) is 17.2 Å². The SMILES string of the molecule is COc1cc(O)c2c(c1)O[C@H](C1(O)CCC(=O)CC1)CC2=O. The van der Waals surface area contributed by atoms with Gasteiger partial charge in [-0.15, -0.1) is 0 Å². The van der Waals surface area contributed by atoms with Crippen LogP contribution in [-0.2, 0) is 4.79 Å². The van der Waals surface area contributed by atoms with Gasteiger partial charge >= 0.3 is 0 Å². The molecular weight excluding hydrogens is 288 g/mol. The van der Waals surface area contributed by atoms with Crippen molar-refractivity contribution in [3.63, 3.8) is 0 Å². The number of fused-ring (bicyclic) bond motifs is 1. The van der Waals surface area contributed by atoms with Gasteiger partial charge < -0.3 is 19.7 Å². The standard InChI is InChI=1S/C16H18O6/c1-21-10-6-11(18)15-12(19)8-14(22-13(15)7-10)16(20)4-2-9(17)3-5-16/h6-7,14,18,20H,2-5,8H2,1H3/t14-/m0/s1. The summed E-state index contributed by atoms with van der Waals surface area (Å²) in [6, 6.07) is 2.88. The zero-order valence-corrected chi connectivity index (χ0v) is 12.3. The van der Waals surface area contributed by atoms with E-state index in [1.807, 2.05) is 0 Å². The van der Waals surface area contributed by atoms with Gasteiger partial charge in [0.15, 0.2) is 5.78 Å². The summed E-state index contributed by atoms with van der Waals surface area (Å²) < 4.78 is 10.8. The summed E-state index contributed by atoms with van der Waals surface area (Å²) in [6.45, 7) is 0. The Kier molecular flexibility index (Phi) is 3.56. The summed E-state index contributed by atoms with van der Waals surface area (Å²) in [7, 11) is 1.45. The average molecular weight is 306 g/mol. The Morgan fingerprint density at radius 2 is 1.95 bits per heavy atom. The van der Waals surface area contributed by atoms with Crippen molar-refractivity contribution in [2.45, 2.75) is 43.8 Å². The molecule has 1 aliphatic heterocycles. The largest absolute Gasteiger partial charge is 0.507 e. The molecule has 6 nitrogen and oxygen atoms in total. The Morgan fingerprint density at radius 3 is 2.59 bits per heavy atom. The second kappa shape index (κ2) is 5.28. The first kappa shape index (κ1) is 14.8. The number of hydrogen-bond acceptors (Lipinski definition) is 6. The third-order valence-electron chi connectivity index (χ3n) is 4.48. The third kappa shape index (κ3) is 2.43. The number of Topliss-reactive ketones (excluding diaryl/α,β-unsaturated/α-hetero) is 2. The first-order valence-electron chi connectivity index (χ1n) is 7.28. The summed E-state index contributed by atoms with van der Waals surface area (Å²) >= 11 is 0. The lowest BCUT2D eigenvalue weighted by Gasteiger charge is -2.40. The van der Waals surface area contributed by atoms with Gasteiger partial charge in [-0.1, -0.05) is 0 Å². The number of phenols is 1. The van der Waals surface area contributed by atoms with E-state index < -0.39 is 11.7 Å². The molecule has 0 saturated heterocycles. The zero-order valence-electron chi connectivity index (χ0n) is 12.3. The van der Waals surface area contributed by atoms with Crippen LogP contribution in [0.15, 0.2) is 12.1 Å². The smallest absolute Gasteiger partial charge is 0.174 e. The second-order valence-corrected chi connectivity index (χ2v) is 5.90. The van der Waals surface area contributed by atoms with E-state index in [1.165, 1.54) is 19.2 Å². The first-order valence-corrected chi connectivity index (χ1v) is 7.28. The molecule has 1 heterocycles. The summed E-state index contributed by atoms with van der Waals surface area (Å²) in [5.41, 5.74) is -1.08. The molecule has 0 unspecified atom stereocenters. The molecule has 1 saturated carbocycles. The Balaban J connectivity index is 1.92. The minimum Gasteiger partial charge on any atom is -0.507 e. The molecule has 0 amide bonds. The predicted octanol–water partition coefficient (Wildman–Crippen LogP) is 1.61. The van der Waals surface area contributed by atoms with Gasteiger partial charge in [0.05, 0.1) is 13.5 Å². The van der Waals surface area contributed by atoms with Crippen LogP contribution >= 0.6 is 0 Å². The van der Waals surface area contributed by atoms with Gasteiger partial charge in [0.1, 0.15) is 40.3 Å². The van der Waals surface area contributed by atoms with Gasteiger partial charge in [-0.25, -0.2) is 0 Å². The summed E-state index contributed by atoms with van der Waals surface area (Å²) in [6.07, 6.45) is 0.426. The fraction of sp³-hybridized carbons (Fsp3) is 0.500. The van der Waals surface area contributed by atoms with Gasteiger partial charge in [0.25, 0.3) is 0 Å².